The number of carbonyl (C=O) groups excluding carboxylic acids is 3. The lowest BCUT2D eigenvalue weighted by atomic mass is 9.83. The molecule has 1 saturated carbocycles. The molecule has 2 fully saturated rings. The second-order valence-electron chi connectivity index (χ2n) is 12.0. The van der Waals surface area contributed by atoms with E-state index in [4.69, 9.17) is 21.3 Å². The van der Waals surface area contributed by atoms with E-state index in [0.717, 1.165) is 54.0 Å². The number of benzene rings is 1. The Morgan fingerprint density at radius 1 is 1.17 bits per heavy atom. The van der Waals surface area contributed by atoms with Gasteiger partial charge in [0.25, 0.3) is 0 Å². The highest BCUT2D eigenvalue weighted by Crippen LogP contribution is 2.30. The zero-order valence-electron chi connectivity index (χ0n) is 25.0. The first kappa shape index (κ1) is 32.8. The molecule has 1 aliphatic carbocycles. The third-order valence-corrected chi connectivity index (χ3v) is 9.79. The highest BCUT2D eigenvalue weighted by atomic mass is 35.5. The lowest BCUT2D eigenvalue weighted by molar-refractivity contribution is -0.130. The molecule has 1 aromatic carbocycles. The smallest absolute Gasteiger partial charge is 0.224 e. The van der Waals surface area contributed by atoms with Gasteiger partial charge in [-0.2, -0.15) is 0 Å². The predicted octanol–water partition coefficient (Wildman–Crippen LogP) is 6.56. The minimum atomic E-state index is -0.499. The number of morpholine rings is 1. The normalized spacial score (nSPS) is 18.0. The molecule has 2 atom stereocenters. The Hall–Kier alpha value is -2.13. The van der Waals surface area contributed by atoms with Crippen LogP contribution in [0.25, 0.3) is 10.2 Å². The van der Waals surface area contributed by atoms with Crippen molar-refractivity contribution in [3.8, 4) is 0 Å². The number of aromatic nitrogens is 1. The maximum Gasteiger partial charge on any atom is 0.224 e. The van der Waals surface area contributed by atoms with Crippen molar-refractivity contribution in [3.63, 3.8) is 0 Å². The van der Waals surface area contributed by atoms with Gasteiger partial charge in [0.1, 0.15) is 5.78 Å². The molecule has 2 heterocycles. The Labute approximate surface area is 259 Å². The molecule has 1 amide bonds. The van der Waals surface area contributed by atoms with Crippen LogP contribution in [0, 0.1) is 11.8 Å². The van der Waals surface area contributed by atoms with E-state index in [-0.39, 0.29) is 29.9 Å². The van der Waals surface area contributed by atoms with Gasteiger partial charge >= 0.3 is 0 Å². The van der Waals surface area contributed by atoms with E-state index in [0.29, 0.717) is 62.0 Å². The van der Waals surface area contributed by atoms with Gasteiger partial charge in [0.2, 0.25) is 5.91 Å². The number of hydrogen-bond acceptors (Lipinski definition) is 7. The molecule has 4 rings (SSSR count). The van der Waals surface area contributed by atoms with Gasteiger partial charge in [-0.15, -0.1) is 11.3 Å². The Balaban J connectivity index is 1.43. The maximum atomic E-state index is 13.8. The summed E-state index contributed by atoms with van der Waals surface area (Å²) < 4.78 is 6.39. The second kappa shape index (κ2) is 16.6. The van der Waals surface area contributed by atoms with Crippen molar-refractivity contribution >= 4 is 50.6 Å². The van der Waals surface area contributed by atoms with Crippen molar-refractivity contribution in [2.24, 2.45) is 11.8 Å². The fourth-order valence-electron chi connectivity index (χ4n) is 6.15. The molecule has 230 valence electrons. The number of hydrogen-bond donors (Lipinski definition) is 1. The number of halogens is 1. The minimum absolute atomic E-state index is 0.0622. The van der Waals surface area contributed by atoms with E-state index < -0.39 is 5.92 Å². The molecular formula is C33H46ClN3O4S. The molecule has 1 aromatic heterocycles. The SMILES string of the molecule is C=C(CN1CCOCC1)C(=O)CC[C@H](CC1CCCCC1)NC(=O)[C@@H](CC(=O)CCC)Cc1nc2ccc(Cl)cc2s1. The summed E-state index contributed by atoms with van der Waals surface area (Å²) in [7, 11) is 0. The van der Waals surface area contributed by atoms with Crippen LogP contribution in [0.2, 0.25) is 5.02 Å². The molecule has 0 spiro atoms. The van der Waals surface area contributed by atoms with Crippen LogP contribution < -0.4 is 5.32 Å². The Morgan fingerprint density at radius 3 is 2.67 bits per heavy atom. The molecular weight excluding hydrogens is 570 g/mol. The average Bonchev–Trinajstić information content (AvgIpc) is 3.38. The number of thiazole rings is 1. The van der Waals surface area contributed by atoms with Gasteiger partial charge in [-0.1, -0.05) is 57.2 Å². The largest absolute Gasteiger partial charge is 0.379 e. The maximum absolute atomic E-state index is 13.8. The topological polar surface area (TPSA) is 88.6 Å². The summed E-state index contributed by atoms with van der Waals surface area (Å²) in [6, 6.07) is 5.48. The summed E-state index contributed by atoms with van der Waals surface area (Å²) in [5, 5.41) is 4.79. The van der Waals surface area contributed by atoms with Gasteiger partial charge in [0.15, 0.2) is 5.78 Å². The van der Waals surface area contributed by atoms with Gasteiger partial charge in [-0.25, -0.2) is 4.98 Å². The van der Waals surface area contributed by atoms with Crippen molar-refractivity contribution in [1.29, 1.82) is 0 Å². The van der Waals surface area contributed by atoms with Crippen molar-refractivity contribution < 1.29 is 19.1 Å². The molecule has 0 radical (unpaired) electrons. The van der Waals surface area contributed by atoms with Gasteiger partial charge in [0.05, 0.1) is 34.4 Å². The summed E-state index contributed by atoms with van der Waals surface area (Å²) in [4.78, 5) is 46.6. The number of rotatable bonds is 16. The van der Waals surface area contributed by atoms with Crippen molar-refractivity contribution in [2.75, 3.05) is 32.8 Å². The van der Waals surface area contributed by atoms with E-state index in [1.165, 1.54) is 30.6 Å². The van der Waals surface area contributed by atoms with E-state index >= 15 is 0 Å². The Morgan fingerprint density at radius 2 is 1.93 bits per heavy atom. The molecule has 0 bridgehead atoms. The molecule has 2 aromatic rings. The first-order chi connectivity index (χ1) is 20.3. The van der Waals surface area contributed by atoms with Crippen LogP contribution in [0.5, 0.6) is 0 Å². The molecule has 1 saturated heterocycles. The summed E-state index contributed by atoms with van der Waals surface area (Å²) in [5.74, 6) is 0.0929. The molecule has 0 unspecified atom stereocenters. The summed E-state index contributed by atoms with van der Waals surface area (Å²) in [6.07, 6.45) is 9.66. The summed E-state index contributed by atoms with van der Waals surface area (Å²) >= 11 is 7.70. The van der Waals surface area contributed by atoms with Gasteiger partial charge in [0, 0.05) is 62.0 Å². The lowest BCUT2D eigenvalue weighted by Gasteiger charge is -2.29. The molecule has 42 heavy (non-hydrogen) atoms. The van der Waals surface area contributed by atoms with Crippen molar-refractivity contribution in [3.05, 3.63) is 40.4 Å². The molecule has 1 N–H and O–H groups in total. The van der Waals surface area contributed by atoms with Crippen LogP contribution in [0.15, 0.2) is 30.4 Å². The van der Waals surface area contributed by atoms with Gasteiger partial charge < -0.3 is 10.1 Å². The molecule has 7 nitrogen and oxygen atoms in total. The van der Waals surface area contributed by atoms with Crippen LogP contribution in [-0.2, 0) is 25.5 Å². The Kier molecular flexibility index (Phi) is 13.0. The number of fused-ring (bicyclic) bond motifs is 1. The van der Waals surface area contributed by atoms with Gasteiger partial charge in [-0.05, 0) is 43.4 Å². The highest BCUT2D eigenvalue weighted by molar-refractivity contribution is 7.18. The zero-order chi connectivity index (χ0) is 29.9. The highest BCUT2D eigenvalue weighted by Gasteiger charge is 2.28. The van der Waals surface area contributed by atoms with Crippen LogP contribution in [0.1, 0.15) is 82.6 Å². The second-order valence-corrected chi connectivity index (χ2v) is 13.6. The monoisotopic (exact) mass is 615 g/mol. The molecule has 2 aliphatic rings. The standard InChI is InChI=1S/C33H46ClN3O4S/c1-3-7-28(38)19-25(20-32-36-29-12-10-26(34)21-31(29)42-32)33(40)35-27(18-24-8-5-4-6-9-24)11-13-30(39)23(2)22-37-14-16-41-17-15-37/h10,12,21,24-25,27H,2-9,11,13-20,22H2,1H3,(H,35,40)/t25-,27+/m0/s1. The molecule has 9 heteroatoms. The molecule has 1 aliphatic heterocycles. The number of carbonyl (C=O) groups is 3. The summed E-state index contributed by atoms with van der Waals surface area (Å²) in [6.45, 7) is 9.62. The Bertz CT molecular complexity index is 1220. The minimum Gasteiger partial charge on any atom is -0.379 e. The number of Topliss-reactive ketones (excluding diaryl/α,β-unsaturated/α-hetero) is 2. The average molecular weight is 616 g/mol. The third-order valence-electron chi connectivity index (χ3n) is 8.51. The van der Waals surface area contributed by atoms with Crippen LogP contribution in [-0.4, -0.2) is 66.2 Å². The van der Waals surface area contributed by atoms with E-state index in [1.54, 1.807) is 0 Å². The zero-order valence-corrected chi connectivity index (χ0v) is 26.6. The fourth-order valence-corrected chi connectivity index (χ4v) is 7.47. The number of ether oxygens (including phenoxy) is 1. The van der Waals surface area contributed by atoms with Gasteiger partial charge in [-0.3, -0.25) is 19.3 Å². The quantitative estimate of drug-likeness (QED) is 0.215. The number of ketones is 2. The third kappa shape index (κ3) is 10.2. The first-order valence-corrected chi connectivity index (χ1v) is 16.9. The van der Waals surface area contributed by atoms with Crippen LogP contribution >= 0.6 is 22.9 Å². The van der Waals surface area contributed by atoms with Crippen molar-refractivity contribution in [1.82, 2.24) is 15.2 Å². The number of nitrogens with zero attached hydrogens (tertiary/aromatic N) is 2. The first-order valence-electron chi connectivity index (χ1n) is 15.7. The lowest BCUT2D eigenvalue weighted by Crippen LogP contribution is -2.42. The predicted molar refractivity (Wildman–Crippen MR) is 170 cm³/mol. The van der Waals surface area contributed by atoms with E-state index in [2.05, 4.69) is 16.8 Å². The number of amides is 1. The van der Waals surface area contributed by atoms with E-state index in [9.17, 15) is 14.4 Å². The van der Waals surface area contributed by atoms with Crippen LogP contribution in [0.3, 0.4) is 0 Å². The van der Waals surface area contributed by atoms with E-state index in [1.807, 2.05) is 25.1 Å². The number of nitrogens with one attached hydrogen (secondary N) is 1. The fraction of sp³-hybridized carbons (Fsp3) is 0.636. The van der Waals surface area contributed by atoms with Crippen molar-refractivity contribution in [2.45, 2.75) is 90.0 Å². The van der Waals surface area contributed by atoms with Crippen LogP contribution in [0.4, 0.5) is 0 Å². The summed E-state index contributed by atoms with van der Waals surface area (Å²) in [5.41, 5.74) is 1.48.